The summed E-state index contributed by atoms with van der Waals surface area (Å²) < 4.78 is 6.15. The van der Waals surface area contributed by atoms with E-state index in [1.165, 1.54) is 6.07 Å². The number of Topliss-reactive ketones (excluding diaryl/α,β-unsaturated/α-hetero) is 1. The van der Waals surface area contributed by atoms with E-state index >= 15 is 0 Å². The van der Waals surface area contributed by atoms with Crippen LogP contribution in [0.15, 0.2) is 76.9 Å². The summed E-state index contributed by atoms with van der Waals surface area (Å²) in [7, 11) is 0. The highest BCUT2D eigenvalue weighted by Gasteiger charge is 2.42. The van der Waals surface area contributed by atoms with Gasteiger partial charge in [-0.1, -0.05) is 44.2 Å². The molecule has 7 nitrogen and oxygen atoms in total. The topological polar surface area (TPSA) is 97.4 Å². The summed E-state index contributed by atoms with van der Waals surface area (Å²) in [6.07, 6.45) is 2.55. The van der Waals surface area contributed by atoms with Gasteiger partial charge in [0.05, 0.1) is 33.8 Å². The zero-order valence-electron chi connectivity index (χ0n) is 17.8. The number of nitro groups is 1. The Morgan fingerprint density at radius 2 is 1.75 bits per heavy atom. The number of furan rings is 1. The molecule has 32 heavy (non-hydrogen) atoms. The molecule has 2 aromatic carbocycles. The number of carbonyl (C=O) groups excluding carboxylic acids is 1. The highest BCUT2D eigenvalue weighted by Crippen LogP contribution is 2.46. The van der Waals surface area contributed by atoms with Crippen LogP contribution in [0, 0.1) is 21.4 Å². The Morgan fingerprint density at radius 3 is 2.53 bits per heavy atom. The minimum Gasteiger partial charge on any atom is -0.459 e. The summed E-state index contributed by atoms with van der Waals surface area (Å²) in [4.78, 5) is 24.3. The SMILES string of the molecule is CC1(C)C=C2Nc3ccccc3NC(c3ccc(-c4ccccc4[N+](=O)[O-])o3)C2C(=O)C1. The predicted molar refractivity (Wildman–Crippen MR) is 122 cm³/mol. The number of nitro benzene ring substituents is 1. The molecule has 0 saturated carbocycles. The molecule has 1 aliphatic heterocycles. The highest BCUT2D eigenvalue weighted by molar-refractivity contribution is 5.90. The fourth-order valence-corrected chi connectivity index (χ4v) is 4.64. The predicted octanol–water partition coefficient (Wildman–Crippen LogP) is 5.93. The van der Waals surface area contributed by atoms with E-state index in [1.807, 2.05) is 24.3 Å². The maximum absolute atomic E-state index is 13.3. The minimum absolute atomic E-state index is 0.0229. The van der Waals surface area contributed by atoms with Gasteiger partial charge in [0, 0.05) is 18.2 Å². The lowest BCUT2D eigenvalue weighted by molar-refractivity contribution is -0.384. The maximum Gasteiger partial charge on any atom is 0.280 e. The van der Waals surface area contributed by atoms with Gasteiger partial charge in [-0.3, -0.25) is 14.9 Å². The molecular formula is C25H23N3O4. The van der Waals surface area contributed by atoms with Crippen LogP contribution >= 0.6 is 0 Å². The molecular weight excluding hydrogens is 406 g/mol. The minimum atomic E-state index is -0.458. The molecule has 2 aliphatic rings. The third-order valence-corrected chi connectivity index (χ3v) is 6.01. The average Bonchev–Trinajstić information content (AvgIpc) is 3.16. The van der Waals surface area contributed by atoms with Gasteiger partial charge in [0.1, 0.15) is 17.3 Å². The summed E-state index contributed by atoms with van der Waals surface area (Å²) in [5, 5.41) is 18.4. The lowest BCUT2D eigenvalue weighted by Crippen LogP contribution is -2.36. The molecule has 2 atom stereocenters. The molecule has 0 saturated heterocycles. The first-order valence-electron chi connectivity index (χ1n) is 10.5. The van der Waals surface area contributed by atoms with E-state index in [2.05, 4.69) is 30.6 Å². The Kier molecular flexibility index (Phi) is 4.62. The number of para-hydroxylation sites is 3. The van der Waals surface area contributed by atoms with Gasteiger partial charge in [-0.05, 0) is 35.7 Å². The summed E-state index contributed by atoms with van der Waals surface area (Å²) in [6.45, 7) is 4.10. The molecule has 0 spiro atoms. The van der Waals surface area contributed by atoms with Crippen molar-refractivity contribution in [3.05, 3.63) is 88.3 Å². The normalized spacial score (nSPS) is 21.3. The van der Waals surface area contributed by atoms with Gasteiger partial charge in [-0.15, -0.1) is 0 Å². The van der Waals surface area contributed by atoms with Gasteiger partial charge in [0.25, 0.3) is 5.69 Å². The zero-order valence-corrected chi connectivity index (χ0v) is 17.8. The smallest absolute Gasteiger partial charge is 0.280 e. The van der Waals surface area contributed by atoms with E-state index in [4.69, 9.17) is 4.42 Å². The van der Waals surface area contributed by atoms with E-state index in [9.17, 15) is 14.9 Å². The molecule has 7 heteroatoms. The maximum atomic E-state index is 13.3. The van der Waals surface area contributed by atoms with Crippen LogP contribution in [-0.2, 0) is 4.79 Å². The number of rotatable bonds is 3. The van der Waals surface area contributed by atoms with E-state index in [-0.39, 0.29) is 16.9 Å². The second-order valence-corrected chi connectivity index (χ2v) is 8.98. The first-order valence-corrected chi connectivity index (χ1v) is 10.5. The third kappa shape index (κ3) is 3.45. The number of anilines is 2. The lowest BCUT2D eigenvalue weighted by Gasteiger charge is -2.34. The molecule has 2 heterocycles. The average molecular weight is 429 g/mol. The number of allylic oxidation sites excluding steroid dienone is 1. The van der Waals surface area contributed by atoms with Crippen molar-refractivity contribution in [2.45, 2.75) is 26.3 Å². The van der Waals surface area contributed by atoms with Crippen LogP contribution in [0.25, 0.3) is 11.3 Å². The second-order valence-electron chi connectivity index (χ2n) is 8.98. The molecule has 0 fully saturated rings. The zero-order chi connectivity index (χ0) is 22.5. The molecule has 1 aromatic heterocycles. The summed E-state index contributed by atoms with van der Waals surface area (Å²) >= 11 is 0. The van der Waals surface area contributed by atoms with Gasteiger partial charge >= 0.3 is 0 Å². The number of hydrogen-bond donors (Lipinski definition) is 2. The first-order chi connectivity index (χ1) is 15.3. The number of ketones is 1. The molecule has 162 valence electrons. The van der Waals surface area contributed by atoms with Crippen LogP contribution in [0.3, 0.4) is 0 Å². The van der Waals surface area contributed by atoms with Crippen molar-refractivity contribution in [2.75, 3.05) is 10.6 Å². The number of nitrogens with one attached hydrogen (secondary N) is 2. The van der Waals surface area contributed by atoms with Crippen LogP contribution in [0.2, 0.25) is 0 Å². The standard InChI is InChI=1S/C25H23N3O4/c1-25(2)13-18-23(20(29)14-25)24(27-17-9-5-4-8-16(17)26-18)22-12-11-21(32-22)15-7-3-6-10-19(15)28(30)31/h3-13,23-24,26-27H,14H2,1-2H3. The summed E-state index contributed by atoms with van der Waals surface area (Å²) in [5.74, 6) is 0.614. The van der Waals surface area contributed by atoms with E-state index in [0.717, 1.165) is 17.1 Å². The van der Waals surface area contributed by atoms with Crippen LogP contribution < -0.4 is 10.6 Å². The Bertz CT molecular complexity index is 1260. The molecule has 0 radical (unpaired) electrons. The Labute approximate surface area is 185 Å². The number of hydrogen-bond acceptors (Lipinski definition) is 6. The fraction of sp³-hybridized carbons (Fsp3) is 0.240. The van der Waals surface area contributed by atoms with Gasteiger partial charge in [0.15, 0.2) is 0 Å². The van der Waals surface area contributed by atoms with E-state index in [1.54, 1.807) is 30.3 Å². The Hall–Kier alpha value is -3.87. The van der Waals surface area contributed by atoms with Crippen LogP contribution in [0.1, 0.15) is 32.1 Å². The van der Waals surface area contributed by atoms with Gasteiger partial charge in [0.2, 0.25) is 0 Å². The van der Waals surface area contributed by atoms with Crippen LogP contribution in [0.5, 0.6) is 0 Å². The highest BCUT2D eigenvalue weighted by atomic mass is 16.6. The number of fused-ring (bicyclic) bond motifs is 2. The van der Waals surface area contributed by atoms with E-state index < -0.39 is 16.9 Å². The van der Waals surface area contributed by atoms with Crippen molar-refractivity contribution in [1.29, 1.82) is 0 Å². The van der Waals surface area contributed by atoms with Gasteiger partial charge in [-0.25, -0.2) is 0 Å². The van der Waals surface area contributed by atoms with Crippen molar-refractivity contribution in [3.8, 4) is 11.3 Å². The Morgan fingerprint density at radius 1 is 1.03 bits per heavy atom. The number of nitrogens with zero attached hydrogens (tertiary/aromatic N) is 1. The molecule has 0 bridgehead atoms. The molecule has 1 aliphatic carbocycles. The summed E-state index contributed by atoms with van der Waals surface area (Å²) in [5.41, 5.74) is 2.73. The second kappa shape index (κ2) is 7.37. The first kappa shape index (κ1) is 20.1. The molecule has 5 rings (SSSR count). The fourth-order valence-electron chi connectivity index (χ4n) is 4.64. The van der Waals surface area contributed by atoms with Crippen molar-refractivity contribution in [3.63, 3.8) is 0 Å². The molecule has 2 N–H and O–H groups in total. The monoisotopic (exact) mass is 429 g/mol. The quantitative estimate of drug-likeness (QED) is 0.395. The van der Waals surface area contributed by atoms with Gasteiger partial charge < -0.3 is 15.1 Å². The largest absolute Gasteiger partial charge is 0.459 e. The Balaban J connectivity index is 1.61. The van der Waals surface area contributed by atoms with Crippen LogP contribution in [0.4, 0.5) is 17.1 Å². The van der Waals surface area contributed by atoms with E-state index in [0.29, 0.717) is 23.5 Å². The molecule has 3 aromatic rings. The molecule has 2 unspecified atom stereocenters. The lowest BCUT2D eigenvalue weighted by atomic mass is 9.73. The van der Waals surface area contributed by atoms with Crippen LogP contribution in [-0.4, -0.2) is 10.7 Å². The van der Waals surface area contributed by atoms with Crippen molar-refractivity contribution in [1.82, 2.24) is 0 Å². The third-order valence-electron chi connectivity index (χ3n) is 6.01. The van der Waals surface area contributed by atoms with Crippen molar-refractivity contribution < 1.29 is 14.1 Å². The number of carbonyl (C=O) groups is 1. The number of benzene rings is 2. The summed E-state index contributed by atoms with van der Waals surface area (Å²) in [6, 6.07) is 17.4. The van der Waals surface area contributed by atoms with Crippen molar-refractivity contribution in [2.24, 2.45) is 11.3 Å². The van der Waals surface area contributed by atoms with Crippen molar-refractivity contribution >= 4 is 22.8 Å². The molecule has 0 amide bonds. The van der Waals surface area contributed by atoms with Gasteiger partial charge in [-0.2, -0.15) is 0 Å².